The molecule has 30 heavy (non-hydrogen) atoms. The molecule has 2 aliphatic heterocycles. The maximum absolute atomic E-state index is 13.5. The summed E-state index contributed by atoms with van der Waals surface area (Å²) in [6.45, 7) is 7.10. The van der Waals surface area contributed by atoms with Crippen molar-refractivity contribution in [3.8, 4) is 0 Å². The monoisotopic (exact) mass is 414 g/mol. The Labute approximate surface area is 177 Å². The fourth-order valence-electron chi connectivity index (χ4n) is 4.01. The van der Waals surface area contributed by atoms with Gasteiger partial charge in [-0.3, -0.25) is 9.69 Å². The Balaban J connectivity index is 1.35. The van der Waals surface area contributed by atoms with Gasteiger partial charge in [-0.05, 0) is 5.56 Å². The zero-order valence-corrected chi connectivity index (χ0v) is 17.6. The Hall–Kier alpha value is -2.29. The van der Waals surface area contributed by atoms with Crippen LogP contribution in [0.25, 0.3) is 0 Å². The molecule has 4 rings (SSSR count). The molecule has 0 aliphatic carbocycles. The maximum atomic E-state index is 13.5. The van der Waals surface area contributed by atoms with E-state index in [4.69, 9.17) is 14.0 Å². The molecule has 1 amide bonds. The summed E-state index contributed by atoms with van der Waals surface area (Å²) in [7, 11) is 0. The van der Waals surface area contributed by atoms with Crippen LogP contribution in [0.15, 0.2) is 34.9 Å². The van der Waals surface area contributed by atoms with Gasteiger partial charge in [0.25, 0.3) is 5.91 Å². The van der Waals surface area contributed by atoms with Gasteiger partial charge in [0.2, 0.25) is 5.89 Å². The minimum atomic E-state index is -0.792. The van der Waals surface area contributed by atoms with Crippen LogP contribution in [-0.2, 0) is 33.8 Å². The number of carbonyl (C=O) groups excluding carboxylic acids is 1. The topological polar surface area (TPSA) is 80.9 Å². The number of amides is 1. The van der Waals surface area contributed by atoms with Crippen molar-refractivity contribution in [1.82, 2.24) is 19.9 Å². The van der Waals surface area contributed by atoms with Crippen LogP contribution in [0, 0.1) is 0 Å². The minimum absolute atomic E-state index is 0.0919. The van der Waals surface area contributed by atoms with Crippen molar-refractivity contribution in [3.63, 3.8) is 0 Å². The van der Waals surface area contributed by atoms with Crippen LogP contribution in [0.2, 0.25) is 0 Å². The third kappa shape index (κ3) is 4.88. The van der Waals surface area contributed by atoms with E-state index < -0.39 is 5.60 Å². The molecule has 0 saturated carbocycles. The first kappa shape index (κ1) is 21.0. The highest BCUT2D eigenvalue weighted by atomic mass is 16.5. The van der Waals surface area contributed by atoms with Crippen LogP contribution >= 0.6 is 0 Å². The Bertz CT molecular complexity index is 812. The van der Waals surface area contributed by atoms with Gasteiger partial charge in [-0.2, -0.15) is 4.98 Å². The maximum Gasteiger partial charge on any atom is 0.255 e. The SMILES string of the molecule is CCc1nc(CN2CCN(C(=O)C3(OCc4ccccc4)CCOCC3)CC2)no1. The largest absolute Gasteiger partial charge is 0.381 e. The van der Waals surface area contributed by atoms with Crippen LogP contribution in [0.3, 0.4) is 0 Å². The highest BCUT2D eigenvalue weighted by molar-refractivity contribution is 5.85. The van der Waals surface area contributed by atoms with Crippen LogP contribution in [0.1, 0.15) is 37.0 Å². The Kier molecular flexibility index (Phi) is 6.76. The van der Waals surface area contributed by atoms with Gasteiger partial charge in [0.05, 0.1) is 13.2 Å². The second-order valence-electron chi connectivity index (χ2n) is 7.91. The zero-order valence-electron chi connectivity index (χ0n) is 17.6. The molecule has 1 aromatic carbocycles. The number of aryl methyl sites for hydroxylation is 1. The van der Waals surface area contributed by atoms with E-state index in [-0.39, 0.29) is 5.91 Å². The van der Waals surface area contributed by atoms with Gasteiger partial charge in [0.15, 0.2) is 11.4 Å². The Morgan fingerprint density at radius 3 is 2.53 bits per heavy atom. The van der Waals surface area contributed by atoms with Crippen molar-refractivity contribution < 1.29 is 18.8 Å². The summed E-state index contributed by atoms with van der Waals surface area (Å²) in [4.78, 5) is 22.1. The Morgan fingerprint density at radius 1 is 1.13 bits per heavy atom. The zero-order chi connectivity index (χ0) is 20.8. The lowest BCUT2D eigenvalue weighted by Crippen LogP contribution is -2.58. The molecule has 2 saturated heterocycles. The fourth-order valence-corrected chi connectivity index (χ4v) is 4.01. The summed E-state index contributed by atoms with van der Waals surface area (Å²) in [5, 5.41) is 4.03. The second-order valence-corrected chi connectivity index (χ2v) is 7.91. The molecule has 1 aromatic heterocycles. The predicted molar refractivity (Wildman–Crippen MR) is 110 cm³/mol. The molecule has 0 bridgehead atoms. The van der Waals surface area contributed by atoms with Gasteiger partial charge in [0.1, 0.15) is 0 Å². The van der Waals surface area contributed by atoms with Crippen molar-refractivity contribution in [2.45, 2.75) is 44.9 Å². The summed E-state index contributed by atoms with van der Waals surface area (Å²) in [6, 6.07) is 10.0. The number of benzene rings is 1. The predicted octanol–water partition coefficient (Wildman–Crippen LogP) is 2.04. The molecule has 2 aromatic rings. The summed E-state index contributed by atoms with van der Waals surface area (Å²) in [5.74, 6) is 1.46. The molecular weight excluding hydrogens is 384 g/mol. The fraction of sp³-hybridized carbons (Fsp3) is 0.591. The lowest BCUT2D eigenvalue weighted by molar-refractivity contribution is -0.175. The number of carbonyl (C=O) groups is 1. The normalized spacial score (nSPS) is 19.7. The van der Waals surface area contributed by atoms with Gasteiger partial charge >= 0.3 is 0 Å². The van der Waals surface area contributed by atoms with Gasteiger partial charge < -0.3 is 18.9 Å². The van der Waals surface area contributed by atoms with E-state index in [0.717, 1.165) is 25.1 Å². The molecule has 2 aliphatic rings. The van der Waals surface area contributed by atoms with Crippen molar-refractivity contribution in [1.29, 1.82) is 0 Å². The molecule has 3 heterocycles. The first-order valence-electron chi connectivity index (χ1n) is 10.8. The summed E-state index contributed by atoms with van der Waals surface area (Å²) in [5.41, 5.74) is 0.285. The molecular formula is C22H30N4O4. The van der Waals surface area contributed by atoms with E-state index in [1.165, 1.54) is 0 Å². The Morgan fingerprint density at radius 2 is 1.87 bits per heavy atom. The van der Waals surface area contributed by atoms with Crippen LogP contribution < -0.4 is 0 Å². The number of hydrogen-bond donors (Lipinski definition) is 0. The van der Waals surface area contributed by atoms with Gasteiger partial charge in [-0.15, -0.1) is 0 Å². The molecule has 8 heteroatoms. The number of aromatic nitrogens is 2. The molecule has 8 nitrogen and oxygen atoms in total. The summed E-state index contributed by atoms with van der Waals surface area (Å²) in [6.07, 6.45) is 1.94. The number of rotatable bonds is 7. The number of piperazine rings is 1. The van der Waals surface area contributed by atoms with Crippen molar-refractivity contribution >= 4 is 5.91 Å². The van der Waals surface area contributed by atoms with E-state index in [1.807, 2.05) is 42.2 Å². The van der Waals surface area contributed by atoms with E-state index in [1.54, 1.807) is 0 Å². The van der Waals surface area contributed by atoms with Crippen molar-refractivity contribution in [2.75, 3.05) is 39.4 Å². The number of hydrogen-bond acceptors (Lipinski definition) is 7. The smallest absolute Gasteiger partial charge is 0.255 e. The third-order valence-corrected chi connectivity index (χ3v) is 5.89. The first-order valence-corrected chi connectivity index (χ1v) is 10.8. The lowest BCUT2D eigenvalue weighted by Gasteiger charge is -2.42. The average Bonchev–Trinajstić information content (AvgIpc) is 3.27. The quantitative estimate of drug-likeness (QED) is 0.686. The highest BCUT2D eigenvalue weighted by Gasteiger charge is 2.44. The number of ether oxygens (including phenoxy) is 2. The average molecular weight is 415 g/mol. The molecule has 2 fully saturated rings. The number of nitrogens with zero attached hydrogens (tertiary/aromatic N) is 4. The molecule has 0 unspecified atom stereocenters. The first-order chi connectivity index (χ1) is 14.7. The second kappa shape index (κ2) is 9.68. The van der Waals surface area contributed by atoms with E-state index in [0.29, 0.717) is 64.0 Å². The summed E-state index contributed by atoms with van der Waals surface area (Å²) < 4.78 is 17.0. The molecule has 0 atom stereocenters. The summed E-state index contributed by atoms with van der Waals surface area (Å²) >= 11 is 0. The van der Waals surface area contributed by atoms with Crippen molar-refractivity contribution in [3.05, 3.63) is 47.6 Å². The van der Waals surface area contributed by atoms with E-state index in [9.17, 15) is 4.79 Å². The molecule has 0 radical (unpaired) electrons. The minimum Gasteiger partial charge on any atom is -0.381 e. The third-order valence-electron chi connectivity index (χ3n) is 5.89. The van der Waals surface area contributed by atoms with E-state index >= 15 is 0 Å². The van der Waals surface area contributed by atoms with E-state index in [2.05, 4.69) is 15.0 Å². The van der Waals surface area contributed by atoms with Gasteiger partial charge in [0, 0.05) is 58.7 Å². The van der Waals surface area contributed by atoms with Gasteiger partial charge in [-0.1, -0.05) is 42.4 Å². The van der Waals surface area contributed by atoms with Gasteiger partial charge in [-0.25, -0.2) is 0 Å². The highest BCUT2D eigenvalue weighted by Crippen LogP contribution is 2.29. The van der Waals surface area contributed by atoms with Crippen LogP contribution in [-0.4, -0.2) is 70.8 Å². The van der Waals surface area contributed by atoms with Crippen molar-refractivity contribution in [2.24, 2.45) is 0 Å². The standard InChI is InChI=1S/C22H30N4O4/c1-2-20-23-19(24-30-20)16-25-10-12-26(13-11-25)21(27)22(8-14-28-15-9-22)29-17-18-6-4-3-5-7-18/h3-7H,2,8-17H2,1H3. The molecule has 0 N–H and O–H groups in total. The molecule has 0 spiro atoms. The lowest BCUT2D eigenvalue weighted by atomic mass is 9.91. The molecule has 162 valence electrons. The van der Waals surface area contributed by atoms with Crippen LogP contribution in [0.5, 0.6) is 0 Å². The van der Waals surface area contributed by atoms with Crippen LogP contribution in [0.4, 0.5) is 0 Å².